The summed E-state index contributed by atoms with van der Waals surface area (Å²) in [5, 5.41) is 12.1. The van der Waals surface area contributed by atoms with Crippen LogP contribution in [0.4, 0.5) is 5.69 Å². The zero-order valence-electron chi connectivity index (χ0n) is 8.20. The van der Waals surface area contributed by atoms with E-state index in [9.17, 15) is 0 Å². The van der Waals surface area contributed by atoms with Crippen molar-refractivity contribution >= 4 is 5.69 Å². The first-order chi connectivity index (χ1) is 6.85. The number of para-hydroxylation sites is 1. The fraction of sp³-hybridized carbons (Fsp3) is 0.364. The molecule has 0 bridgehead atoms. The average Bonchev–Trinajstić information content (AvgIpc) is 2.17. The van der Waals surface area contributed by atoms with E-state index >= 15 is 0 Å². The summed E-state index contributed by atoms with van der Waals surface area (Å²) in [4.78, 5) is 2.22. The van der Waals surface area contributed by atoms with Gasteiger partial charge in [0.1, 0.15) is 6.07 Å². The Morgan fingerprint density at radius 1 is 1.43 bits per heavy atom. The van der Waals surface area contributed by atoms with E-state index in [1.165, 1.54) is 0 Å². The first-order valence-corrected chi connectivity index (χ1v) is 4.76. The standard InChI is InChI=1S/C11H13N3/c1-13-10-7-14(8-10)11-5-3-2-4-9(11)6-12/h2-5,10,13H,7-8H2,1H3. The number of likely N-dealkylation sites (N-methyl/N-ethyl adjacent to an activating group) is 1. The van der Waals surface area contributed by atoms with E-state index in [0.717, 1.165) is 24.3 Å². The third-order valence-corrected chi connectivity index (χ3v) is 2.65. The van der Waals surface area contributed by atoms with Crippen LogP contribution in [-0.4, -0.2) is 26.2 Å². The number of nitriles is 1. The molecule has 0 unspecified atom stereocenters. The molecule has 1 aromatic rings. The maximum atomic E-state index is 8.92. The Kier molecular flexibility index (Phi) is 2.38. The summed E-state index contributed by atoms with van der Waals surface area (Å²) < 4.78 is 0. The van der Waals surface area contributed by atoms with Crippen molar-refractivity contribution in [1.29, 1.82) is 5.26 Å². The van der Waals surface area contributed by atoms with Gasteiger partial charge in [-0.15, -0.1) is 0 Å². The van der Waals surface area contributed by atoms with Gasteiger partial charge in [-0.1, -0.05) is 12.1 Å². The van der Waals surface area contributed by atoms with Crippen molar-refractivity contribution in [2.75, 3.05) is 25.0 Å². The number of hydrogen-bond donors (Lipinski definition) is 1. The second-order valence-corrected chi connectivity index (χ2v) is 3.52. The topological polar surface area (TPSA) is 39.1 Å². The molecule has 1 saturated heterocycles. The van der Waals surface area contributed by atoms with Crippen LogP contribution in [0.25, 0.3) is 0 Å². The third-order valence-electron chi connectivity index (χ3n) is 2.65. The van der Waals surface area contributed by atoms with Crippen LogP contribution >= 0.6 is 0 Å². The van der Waals surface area contributed by atoms with Gasteiger partial charge in [0.05, 0.1) is 11.3 Å². The van der Waals surface area contributed by atoms with Crippen LogP contribution < -0.4 is 10.2 Å². The summed E-state index contributed by atoms with van der Waals surface area (Å²) in [5.74, 6) is 0. The zero-order chi connectivity index (χ0) is 9.97. The van der Waals surface area contributed by atoms with Crippen LogP contribution in [0.5, 0.6) is 0 Å². The molecule has 0 amide bonds. The molecule has 1 aliphatic heterocycles. The zero-order valence-corrected chi connectivity index (χ0v) is 8.20. The van der Waals surface area contributed by atoms with Crippen LogP contribution in [0, 0.1) is 11.3 Å². The van der Waals surface area contributed by atoms with Crippen LogP contribution in [0.3, 0.4) is 0 Å². The maximum absolute atomic E-state index is 8.92. The predicted octanol–water partition coefficient (Wildman–Crippen LogP) is 0.966. The van der Waals surface area contributed by atoms with Gasteiger partial charge >= 0.3 is 0 Å². The lowest BCUT2D eigenvalue weighted by atomic mass is 10.1. The molecule has 0 spiro atoms. The van der Waals surface area contributed by atoms with E-state index in [1.807, 2.05) is 31.3 Å². The van der Waals surface area contributed by atoms with Crippen molar-refractivity contribution in [3.05, 3.63) is 29.8 Å². The summed E-state index contributed by atoms with van der Waals surface area (Å²) in [5.41, 5.74) is 1.82. The van der Waals surface area contributed by atoms with Crippen LogP contribution in [0.2, 0.25) is 0 Å². The largest absolute Gasteiger partial charge is 0.367 e. The molecule has 0 atom stereocenters. The van der Waals surface area contributed by atoms with Gasteiger partial charge in [-0.05, 0) is 19.2 Å². The van der Waals surface area contributed by atoms with E-state index in [2.05, 4.69) is 16.3 Å². The van der Waals surface area contributed by atoms with Crippen molar-refractivity contribution < 1.29 is 0 Å². The first-order valence-electron chi connectivity index (χ1n) is 4.76. The summed E-state index contributed by atoms with van der Waals surface area (Å²) in [6, 6.07) is 10.5. The molecule has 1 aromatic carbocycles. The smallest absolute Gasteiger partial charge is 0.101 e. The second kappa shape index (κ2) is 3.69. The van der Waals surface area contributed by atoms with Gasteiger partial charge in [-0.2, -0.15) is 5.26 Å². The molecule has 14 heavy (non-hydrogen) atoms. The molecule has 0 aliphatic carbocycles. The van der Waals surface area contributed by atoms with Crippen LogP contribution in [0.1, 0.15) is 5.56 Å². The molecule has 1 fully saturated rings. The summed E-state index contributed by atoms with van der Waals surface area (Å²) in [6.07, 6.45) is 0. The Morgan fingerprint density at radius 2 is 2.14 bits per heavy atom. The molecule has 1 heterocycles. The minimum Gasteiger partial charge on any atom is -0.367 e. The van der Waals surface area contributed by atoms with Crippen molar-refractivity contribution in [3.63, 3.8) is 0 Å². The maximum Gasteiger partial charge on any atom is 0.101 e. The van der Waals surface area contributed by atoms with E-state index in [-0.39, 0.29) is 0 Å². The minimum absolute atomic E-state index is 0.571. The molecule has 0 saturated carbocycles. The van der Waals surface area contributed by atoms with E-state index in [0.29, 0.717) is 6.04 Å². The molecule has 3 nitrogen and oxygen atoms in total. The number of anilines is 1. The van der Waals surface area contributed by atoms with Gasteiger partial charge in [0.2, 0.25) is 0 Å². The first kappa shape index (κ1) is 9.04. The fourth-order valence-corrected chi connectivity index (χ4v) is 1.70. The van der Waals surface area contributed by atoms with E-state index in [4.69, 9.17) is 5.26 Å². The monoisotopic (exact) mass is 187 g/mol. The Bertz CT molecular complexity index is 361. The number of nitrogens with one attached hydrogen (secondary N) is 1. The fourth-order valence-electron chi connectivity index (χ4n) is 1.70. The SMILES string of the molecule is CNC1CN(c2ccccc2C#N)C1. The summed E-state index contributed by atoms with van der Waals surface area (Å²) in [7, 11) is 1.97. The van der Waals surface area contributed by atoms with E-state index < -0.39 is 0 Å². The van der Waals surface area contributed by atoms with Gasteiger partial charge in [-0.25, -0.2) is 0 Å². The minimum atomic E-state index is 0.571. The van der Waals surface area contributed by atoms with Crippen LogP contribution in [0.15, 0.2) is 24.3 Å². The highest BCUT2D eigenvalue weighted by Crippen LogP contribution is 2.24. The molecule has 1 aliphatic rings. The van der Waals surface area contributed by atoms with Gasteiger partial charge in [0, 0.05) is 19.1 Å². The summed E-state index contributed by atoms with van der Waals surface area (Å²) >= 11 is 0. The molecule has 3 heteroatoms. The third kappa shape index (κ3) is 1.45. The molecule has 72 valence electrons. The molecular weight excluding hydrogens is 174 g/mol. The number of hydrogen-bond acceptors (Lipinski definition) is 3. The average molecular weight is 187 g/mol. The Balaban J connectivity index is 2.15. The van der Waals surface area contributed by atoms with Crippen molar-refractivity contribution in [3.8, 4) is 6.07 Å². The lowest BCUT2D eigenvalue weighted by molar-refractivity contribution is 0.450. The Hall–Kier alpha value is -1.53. The highest BCUT2D eigenvalue weighted by Gasteiger charge is 2.26. The van der Waals surface area contributed by atoms with Gasteiger partial charge in [0.25, 0.3) is 0 Å². The van der Waals surface area contributed by atoms with Crippen molar-refractivity contribution in [1.82, 2.24) is 5.32 Å². The molecule has 0 aromatic heterocycles. The molecule has 2 rings (SSSR count). The Labute approximate surface area is 84.0 Å². The van der Waals surface area contributed by atoms with E-state index in [1.54, 1.807) is 0 Å². The van der Waals surface area contributed by atoms with Crippen molar-refractivity contribution in [2.24, 2.45) is 0 Å². The Morgan fingerprint density at radius 3 is 2.79 bits per heavy atom. The van der Waals surface area contributed by atoms with Gasteiger partial charge < -0.3 is 10.2 Å². The lowest BCUT2D eigenvalue weighted by Crippen LogP contribution is -2.57. The second-order valence-electron chi connectivity index (χ2n) is 3.52. The summed E-state index contributed by atoms with van der Waals surface area (Å²) in [6.45, 7) is 1.99. The van der Waals surface area contributed by atoms with Gasteiger partial charge in [-0.3, -0.25) is 0 Å². The highest BCUT2D eigenvalue weighted by atomic mass is 15.2. The number of rotatable bonds is 2. The van der Waals surface area contributed by atoms with Gasteiger partial charge in [0.15, 0.2) is 0 Å². The molecule has 1 N–H and O–H groups in total. The van der Waals surface area contributed by atoms with Crippen molar-refractivity contribution in [2.45, 2.75) is 6.04 Å². The molecular formula is C11H13N3. The molecule has 0 radical (unpaired) electrons. The quantitative estimate of drug-likeness (QED) is 0.749. The van der Waals surface area contributed by atoms with Crippen LogP contribution in [-0.2, 0) is 0 Å². The predicted molar refractivity (Wildman–Crippen MR) is 56.2 cm³/mol. The highest BCUT2D eigenvalue weighted by molar-refractivity contribution is 5.60. The number of nitrogens with zero attached hydrogens (tertiary/aromatic N) is 2. The lowest BCUT2D eigenvalue weighted by Gasteiger charge is -2.41. The number of benzene rings is 1. The normalized spacial score (nSPS) is 16.1.